The first kappa shape index (κ1) is 21.3. The molecule has 0 bridgehead atoms. The Bertz CT molecular complexity index is 1100. The lowest BCUT2D eigenvalue weighted by Crippen LogP contribution is -2.18. The van der Waals surface area contributed by atoms with Crippen LogP contribution in [0.15, 0.2) is 82.2 Å². The van der Waals surface area contributed by atoms with Gasteiger partial charge in [0.1, 0.15) is 5.75 Å². The summed E-state index contributed by atoms with van der Waals surface area (Å²) < 4.78 is 32.9. The molecule has 0 spiro atoms. The van der Waals surface area contributed by atoms with Crippen molar-refractivity contribution in [3.63, 3.8) is 0 Å². The summed E-state index contributed by atoms with van der Waals surface area (Å²) in [5.41, 5.74) is 1.96. The highest BCUT2D eigenvalue weighted by atomic mass is 79.9. The first-order chi connectivity index (χ1) is 13.8. The topological polar surface area (TPSA) is 60.4 Å². The molecule has 3 aromatic rings. The SMILES string of the molecule is COc1cccc(C(=O)C[C@H](c2ccc(Br)cc2)S(=O)(=O)c2ccc(C)cc2)c1. The zero-order valence-corrected chi connectivity index (χ0v) is 18.5. The second-order valence-electron chi connectivity index (χ2n) is 6.76. The fourth-order valence-electron chi connectivity index (χ4n) is 3.06. The van der Waals surface area contributed by atoms with Gasteiger partial charge in [-0.1, -0.05) is 57.9 Å². The second-order valence-corrected chi connectivity index (χ2v) is 9.80. The van der Waals surface area contributed by atoms with Gasteiger partial charge in [-0.25, -0.2) is 8.42 Å². The molecule has 0 N–H and O–H groups in total. The van der Waals surface area contributed by atoms with Gasteiger partial charge in [-0.15, -0.1) is 0 Å². The van der Waals surface area contributed by atoms with Crippen molar-refractivity contribution in [1.29, 1.82) is 0 Å². The third-order valence-electron chi connectivity index (χ3n) is 4.73. The van der Waals surface area contributed by atoms with E-state index in [0.29, 0.717) is 16.9 Å². The third-order valence-corrected chi connectivity index (χ3v) is 7.37. The van der Waals surface area contributed by atoms with E-state index in [1.54, 1.807) is 72.8 Å². The van der Waals surface area contributed by atoms with Crippen LogP contribution < -0.4 is 4.74 Å². The summed E-state index contributed by atoms with van der Waals surface area (Å²) in [4.78, 5) is 13.2. The normalized spacial score (nSPS) is 12.4. The zero-order valence-electron chi connectivity index (χ0n) is 16.1. The Kier molecular flexibility index (Phi) is 6.55. The lowest BCUT2D eigenvalue weighted by molar-refractivity contribution is 0.0980. The minimum absolute atomic E-state index is 0.162. The van der Waals surface area contributed by atoms with E-state index in [0.717, 1.165) is 10.0 Å². The Hall–Kier alpha value is -2.44. The Morgan fingerprint density at radius 1 is 1.00 bits per heavy atom. The van der Waals surface area contributed by atoms with E-state index >= 15 is 0 Å². The number of aryl methyl sites for hydroxylation is 1. The fraction of sp³-hybridized carbons (Fsp3) is 0.174. The largest absolute Gasteiger partial charge is 0.497 e. The van der Waals surface area contributed by atoms with Gasteiger partial charge < -0.3 is 4.74 Å². The van der Waals surface area contributed by atoms with Crippen molar-refractivity contribution in [2.45, 2.75) is 23.5 Å². The smallest absolute Gasteiger partial charge is 0.185 e. The van der Waals surface area contributed by atoms with Crippen molar-refractivity contribution in [2.24, 2.45) is 0 Å². The quantitative estimate of drug-likeness (QED) is 0.422. The highest BCUT2D eigenvalue weighted by Crippen LogP contribution is 2.34. The molecule has 0 heterocycles. The standard InChI is InChI=1S/C23H21BrO4S/c1-16-6-12-21(13-7-16)29(26,27)23(17-8-10-19(24)11-9-17)15-22(25)18-4-3-5-20(14-18)28-2/h3-14,23H,15H2,1-2H3/t23-/m1/s1. The molecular formula is C23H21BrO4S. The van der Waals surface area contributed by atoms with Crippen molar-refractivity contribution < 1.29 is 17.9 Å². The molecule has 150 valence electrons. The minimum Gasteiger partial charge on any atom is -0.497 e. The van der Waals surface area contributed by atoms with Crippen LogP contribution in [0.2, 0.25) is 0 Å². The molecule has 6 heteroatoms. The van der Waals surface area contributed by atoms with Crippen molar-refractivity contribution >= 4 is 31.6 Å². The number of carbonyl (C=O) groups is 1. The Morgan fingerprint density at radius 3 is 2.28 bits per heavy atom. The summed E-state index contributed by atoms with van der Waals surface area (Å²) in [6, 6.07) is 20.5. The summed E-state index contributed by atoms with van der Waals surface area (Å²) in [6.07, 6.45) is -0.162. The predicted molar refractivity (Wildman–Crippen MR) is 117 cm³/mol. The van der Waals surface area contributed by atoms with Crippen molar-refractivity contribution in [3.8, 4) is 5.75 Å². The fourth-order valence-corrected chi connectivity index (χ4v) is 5.05. The Morgan fingerprint density at radius 2 is 1.66 bits per heavy atom. The summed E-state index contributed by atoms with van der Waals surface area (Å²) >= 11 is 3.37. The van der Waals surface area contributed by atoms with E-state index in [1.807, 2.05) is 6.92 Å². The number of hydrogen-bond donors (Lipinski definition) is 0. The van der Waals surface area contributed by atoms with Crippen LogP contribution >= 0.6 is 15.9 Å². The van der Waals surface area contributed by atoms with Crippen LogP contribution in [-0.4, -0.2) is 21.3 Å². The highest BCUT2D eigenvalue weighted by Gasteiger charge is 2.31. The van der Waals surface area contributed by atoms with Crippen molar-refractivity contribution in [1.82, 2.24) is 0 Å². The molecule has 0 unspecified atom stereocenters. The van der Waals surface area contributed by atoms with Crippen LogP contribution in [0, 0.1) is 6.92 Å². The van der Waals surface area contributed by atoms with E-state index in [-0.39, 0.29) is 17.1 Å². The van der Waals surface area contributed by atoms with Gasteiger partial charge >= 0.3 is 0 Å². The number of ether oxygens (including phenoxy) is 1. The lowest BCUT2D eigenvalue weighted by atomic mass is 10.0. The van der Waals surface area contributed by atoms with E-state index in [2.05, 4.69) is 15.9 Å². The number of methoxy groups -OCH3 is 1. The van der Waals surface area contributed by atoms with Crippen LogP contribution in [0.25, 0.3) is 0 Å². The van der Waals surface area contributed by atoms with Gasteiger partial charge in [0.15, 0.2) is 15.6 Å². The second kappa shape index (κ2) is 8.93. The first-order valence-corrected chi connectivity index (χ1v) is 11.4. The Labute approximate surface area is 179 Å². The van der Waals surface area contributed by atoms with E-state index < -0.39 is 15.1 Å². The van der Waals surface area contributed by atoms with Gasteiger partial charge in [-0.3, -0.25) is 4.79 Å². The molecule has 4 nitrogen and oxygen atoms in total. The molecule has 0 saturated heterocycles. The van der Waals surface area contributed by atoms with E-state index in [1.165, 1.54) is 7.11 Å². The number of carbonyl (C=O) groups excluding carboxylic acids is 1. The zero-order chi connectivity index (χ0) is 21.0. The number of Topliss-reactive ketones (excluding diaryl/α,β-unsaturated/α-hetero) is 1. The molecule has 0 aliphatic carbocycles. The molecule has 0 fully saturated rings. The van der Waals surface area contributed by atoms with E-state index in [9.17, 15) is 13.2 Å². The first-order valence-electron chi connectivity index (χ1n) is 9.04. The molecule has 0 saturated carbocycles. The monoisotopic (exact) mass is 472 g/mol. The minimum atomic E-state index is -3.77. The molecule has 0 amide bonds. The van der Waals surface area contributed by atoms with Crippen molar-refractivity contribution in [2.75, 3.05) is 7.11 Å². The Balaban J connectivity index is 2.02. The van der Waals surface area contributed by atoms with Crippen LogP contribution in [0.5, 0.6) is 5.75 Å². The molecule has 3 rings (SSSR count). The van der Waals surface area contributed by atoms with Gasteiger partial charge in [0.25, 0.3) is 0 Å². The summed E-state index contributed by atoms with van der Waals surface area (Å²) in [5, 5.41) is -0.989. The summed E-state index contributed by atoms with van der Waals surface area (Å²) in [7, 11) is -2.25. The molecular weight excluding hydrogens is 452 g/mol. The highest BCUT2D eigenvalue weighted by molar-refractivity contribution is 9.10. The van der Waals surface area contributed by atoms with Crippen LogP contribution in [0.3, 0.4) is 0 Å². The number of sulfone groups is 1. The molecule has 29 heavy (non-hydrogen) atoms. The van der Waals surface area contributed by atoms with Gasteiger partial charge in [0.05, 0.1) is 17.3 Å². The third kappa shape index (κ3) is 4.95. The van der Waals surface area contributed by atoms with Gasteiger partial charge in [-0.05, 0) is 48.9 Å². The molecule has 0 aromatic heterocycles. The number of ketones is 1. The number of halogens is 1. The van der Waals surface area contributed by atoms with Crippen molar-refractivity contribution in [3.05, 3.63) is 94.0 Å². The number of hydrogen-bond acceptors (Lipinski definition) is 4. The summed E-state index contributed by atoms with van der Waals surface area (Å²) in [5.74, 6) is 0.296. The number of benzene rings is 3. The molecule has 1 atom stereocenters. The van der Waals surface area contributed by atoms with Gasteiger partial charge in [-0.2, -0.15) is 0 Å². The predicted octanol–water partition coefficient (Wildman–Crippen LogP) is 5.55. The molecule has 0 aliphatic rings. The van der Waals surface area contributed by atoms with Crippen LogP contribution in [0.1, 0.15) is 33.2 Å². The molecule has 0 radical (unpaired) electrons. The maximum atomic E-state index is 13.4. The maximum Gasteiger partial charge on any atom is 0.185 e. The van der Waals surface area contributed by atoms with Gasteiger partial charge in [0.2, 0.25) is 0 Å². The lowest BCUT2D eigenvalue weighted by Gasteiger charge is -2.18. The number of rotatable bonds is 7. The summed E-state index contributed by atoms with van der Waals surface area (Å²) in [6.45, 7) is 1.90. The van der Waals surface area contributed by atoms with Gasteiger partial charge in [0, 0.05) is 16.5 Å². The van der Waals surface area contributed by atoms with E-state index in [4.69, 9.17) is 4.74 Å². The van der Waals surface area contributed by atoms with Crippen LogP contribution in [0.4, 0.5) is 0 Å². The van der Waals surface area contributed by atoms with Crippen LogP contribution in [-0.2, 0) is 9.84 Å². The average Bonchev–Trinajstić information content (AvgIpc) is 2.73. The molecule has 3 aromatic carbocycles. The average molecular weight is 473 g/mol. The maximum absolute atomic E-state index is 13.4. The molecule has 0 aliphatic heterocycles.